The van der Waals surface area contributed by atoms with Crippen molar-refractivity contribution in [1.29, 1.82) is 0 Å². The average molecular weight is 267 g/mol. The molecule has 106 valence electrons. The van der Waals surface area contributed by atoms with Crippen LogP contribution in [0.25, 0.3) is 0 Å². The fourth-order valence-electron chi connectivity index (χ4n) is 2.80. The molecule has 19 heavy (non-hydrogen) atoms. The first-order valence-electron chi connectivity index (χ1n) is 6.99. The van der Waals surface area contributed by atoms with E-state index in [2.05, 4.69) is 12.2 Å². The summed E-state index contributed by atoms with van der Waals surface area (Å²) in [5.74, 6) is -2.48. The quantitative estimate of drug-likeness (QED) is 0.539. The number of rotatable bonds is 7. The lowest BCUT2D eigenvalue weighted by atomic mass is 9.82. The van der Waals surface area contributed by atoms with Crippen molar-refractivity contribution in [2.24, 2.45) is 11.8 Å². The highest BCUT2D eigenvalue weighted by molar-refractivity contribution is 5.87. The number of aliphatic carboxylic acids is 1. The molecular formula is C14H21NO4. The number of carboxylic acids is 1. The van der Waals surface area contributed by atoms with E-state index in [-0.39, 0.29) is 12.0 Å². The lowest BCUT2D eigenvalue weighted by molar-refractivity contribution is -0.146. The van der Waals surface area contributed by atoms with Crippen LogP contribution in [0.4, 0.5) is 0 Å². The van der Waals surface area contributed by atoms with Gasteiger partial charge in [0.2, 0.25) is 5.91 Å². The van der Waals surface area contributed by atoms with Gasteiger partial charge in [0.1, 0.15) is 5.92 Å². The Bertz CT molecular complexity index is 380. The Labute approximate surface area is 113 Å². The van der Waals surface area contributed by atoms with Crippen molar-refractivity contribution >= 4 is 11.9 Å². The largest absolute Gasteiger partial charge is 0.481 e. The van der Waals surface area contributed by atoms with Gasteiger partial charge in [0.15, 0.2) is 0 Å². The van der Waals surface area contributed by atoms with Crippen LogP contribution in [-0.4, -0.2) is 35.7 Å². The number of carbonyl (C=O) groups excluding carboxylic acids is 1. The topological polar surface area (TPSA) is 75.6 Å². The molecule has 1 fully saturated rings. The summed E-state index contributed by atoms with van der Waals surface area (Å²) >= 11 is 0. The maximum atomic E-state index is 12.1. The van der Waals surface area contributed by atoms with Crippen molar-refractivity contribution in [2.75, 3.05) is 6.54 Å². The Hall–Kier alpha value is -1.36. The second-order valence-electron chi connectivity index (χ2n) is 5.19. The van der Waals surface area contributed by atoms with Gasteiger partial charge in [-0.05, 0) is 6.42 Å². The molecule has 5 heteroatoms. The maximum absolute atomic E-state index is 12.1. The average Bonchev–Trinajstić information content (AvgIpc) is 2.98. The predicted molar refractivity (Wildman–Crippen MR) is 69.6 cm³/mol. The molecule has 2 N–H and O–H groups in total. The normalized spacial score (nSPS) is 31.6. The third kappa shape index (κ3) is 2.97. The minimum Gasteiger partial charge on any atom is -0.481 e. The molecule has 0 aliphatic carbocycles. The molecule has 2 rings (SSSR count). The fraction of sp³-hybridized carbons (Fsp3) is 0.714. The van der Waals surface area contributed by atoms with E-state index in [1.54, 1.807) is 12.2 Å². The summed E-state index contributed by atoms with van der Waals surface area (Å²) in [6, 6.07) is 0. The van der Waals surface area contributed by atoms with Gasteiger partial charge in [0.25, 0.3) is 0 Å². The van der Waals surface area contributed by atoms with Gasteiger partial charge in [0.05, 0.1) is 18.1 Å². The maximum Gasteiger partial charge on any atom is 0.310 e. The second-order valence-corrected chi connectivity index (χ2v) is 5.19. The molecule has 2 aliphatic rings. The zero-order valence-corrected chi connectivity index (χ0v) is 11.2. The third-order valence-corrected chi connectivity index (χ3v) is 3.82. The van der Waals surface area contributed by atoms with Gasteiger partial charge in [-0.2, -0.15) is 0 Å². The highest BCUT2D eigenvalue weighted by Gasteiger charge is 2.52. The van der Waals surface area contributed by atoms with Crippen molar-refractivity contribution in [3.63, 3.8) is 0 Å². The van der Waals surface area contributed by atoms with Crippen LogP contribution in [0.1, 0.15) is 32.6 Å². The lowest BCUT2D eigenvalue weighted by Crippen LogP contribution is -2.42. The summed E-state index contributed by atoms with van der Waals surface area (Å²) in [4.78, 5) is 23.3. The summed E-state index contributed by atoms with van der Waals surface area (Å²) in [6.07, 6.45) is 7.06. The number of hydrogen-bond donors (Lipinski definition) is 2. The van der Waals surface area contributed by atoms with E-state index in [1.165, 1.54) is 0 Å². The second kappa shape index (κ2) is 6.19. The van der Waals surface area contributed by atoms with Crippen LogP contribution in [0.2, 0.25) is 0 Å². The number of fused-ring (bicyclic) bond motifs is 2. The lowest BCUT2D eigenvalue weighted by Gasteiger charge is -2.20. The molecule has 0 aromatic heterocycles. The number of unbranched alkanes of at least 4 members (excludes halogenated alkanes) is 3. The van der Waals surface area contributed by atoms with Crippen LogP contribution in [0, 0.1) is 11.8 Å². The van der Waals surface area contributed by atoms with Crippen molar-refractivity contribution in [2.45, 2.75) is 44.8 Å². The Morgan fingerprint density at radius 1 is 1.16 bits per heavy atom. The van der Waals surface area contributed by atoms with E-state index >= 15 is 0 Å². The number of nitrogens with one attached hydrogen (secondary N) is 1. The summed E-state index contributed by atoms with van der Waals surface area (Å²) < 4.78 is 5.47. The summed E-state index contributed by atoms with van der Waals surface area (Å²) in [5, 5.41) is 12.0. The molecule has 4 atom stereocenters. The molecule has 0 saturated carbocycles. The molecule has 1 amide bonds. The molecule has 0 radical (unpaired) electrons. The van der Waals surface area contributed by atoms with Crippen LogP contribution in [0.5, 0.6) is 0 Å². The van der Waals surface area contributed by atoms with E-state index in [0.29, 0.717) is 6.54 Å². The monoisotopic (exact) mass is 267 g/mol. The van der Waals surface area contributed by atoms with E-state index in [9.17, 15) is 14.7 Å². The van der Waals surface area contributed by atoms with Gasteiger partial charge in [-0.1, -0.05) is 38.3 Å². The predicted octanol–water partition coefficient (Wildman–Crippen LogP) is 1.34. The van der Waals surface area contributed by atoms with E-state index < -0.39 is 23.9 Å². The summed E-state index contributed by atoms with van der Waals surface area (Å²) in [7, 11) is 0. The molecule has 2 aliphatic heterocycles. The third-order valence-electron chi connectivity index (χ3n) is 3.82. The Morgan fingerprint density at radius 3 is 2.47 bits per heavy atom. The number of carbonyl (C=O) groups is 2. The summed E-state index contributed by atoms with van der Waals surface area (Å²) in [6.45, 7) is 2.75. The molecule has 5 nitrogen and oxygen atoms in total. The van der Waals surface area contributed by atoms with Crippen LogP contribution < -0.4 is 5.32 Å². The zero-order valence-electron chi connectivity index (χ0n) is 11.2. The molecule has 1 saturated heterocycles. The number of carboxylic acid groups (broad SMARTS) is 1. The smallest absolute Gasteiger partial charge is 0.310 e. The minimum absolute atomic E-state index is 0.194. The van der Waals surface area contributed by atoms with Crippen LogP contribution >= 0.6 is 0 Å². The van der Waals surface area contributed by atoms with Gasteiger partial charge in [0, 0.05) is 6.54 Å². The van der Waals surface area contributed by atoms with E-state index in [0.717, 1.165) is 25.7 Å². The first kappa shape index (κ1) is 14.1. The zero-order chi connectivity index (χ0) is 13.8. The van der Waals surface area contributed by atoms with E-state index in [4.69, 9.17) is 4.74 Å². The Kier molecular flexibility index (Phi) is 4.58. The number of ether oxygens (including phenoxy) is 1. The standard InChI is InChI=1S/C14H21NO4/c1-2-3-4-5-8-15-13(16)11-9-6-7-10(19-9)12(11)14(17)18/h6-7,9-12H,2-5,8H2,1H3,(H,15,16)(H,17,18)/t9-,10-,11-,12-/m0/s1. The van der Waals surface area contributed by atoms with Crippen LogP contribution in [0.15, 0.2) is 12.2 Å². The number of hydrogen-bond acceptors (Lipinski definition) is 3. The molecule has 0 aromatic carbocycles. The fourth-order valence-corrected chi connectivity index (χ4v) is 2.80. The SMILES string of the molecule is CCCCCCNC(=O)[C@@H]1[C@@H](C(=O)O)[C@@H]2C=C[C@@H]1O2. The molecule has 2 heterocycles. The molecule has 0 unspecified atom stereocenters. The van der Waals surface area contributed by atoms with Crippen LogP contribution in [-0.2, 0) is 14.3 Å². The number of amides is 1. The van der Waals surface area contributed by atoms with Crippen molar-refractivity contribution < 1.29 is 19.4 Å². The van der Waals surface area contributed by atoms with Gasteiger partial charge < -0.3 is 15.2 Å². The van der Waals surface area contributed by atoms with Crippen LogP contribution in [0.3, 0.4) is 0 Å². The van der Waals surface area contributed by atoms with Gasteiger partial charge >= 0.3 is 5.97 Å². The molecular weight excluding hydrogens is 246 g/mol. The van der Waals surface area contributed by atoms with Crippen molar-refractivity contribution in [1.82, 2.24) is 5.32 Å². The first-order valence-corrected chi connectivity index (χ1v) is 6.99. The van der Waals surface area contributed by atoms with Gasteiger partial charge in [-0.25, -0.2) is 0 Å². The highest BCUT2D eigenvalue weighted by atomic mass is 16.5. The van der Waals surface area contributed by atoms with E-state index in [1.807, 2.05) is 0 Å². The van der Waals surface area contributed by atoms with Crippen molar-refractivity contribution in [3.05, 3.63) is 12.2 Å². The van der Waals surface area contributed by atoms with Crippen molar-refractivity contribution in [3.8, 4) is 0 Å². The molecule has 2 bridgehead atoms. The Morgan fingerprint density at radius 2 is 1.84 bits per heavy atom. The minimum atomic E-state index is -0.956. The van der Waals surface area contributed by atoms with Gasteiger partial charge in [-0.15, -0.1) is 0 Å². The molecule has 0 aromatic rings. The molecule has 0 spiro atoms. The highest BCUT2D eigenvalue weighted by Crippen LogP contribution is 2.39. The first-order chi connectivity index (χ1) is 9.15. The Balaban J connectivity index is 1.84. The summed E-state index contributed by atoms with van der Waals surface area (Å²) in [5.41, 5.74) is 0. The van der Waals surface area contributed by atoms with Gasteiger partial charge in [-0.3, -0.25) is 9.59 Å².